The summed E-state index contributed by atoms with van der Waals surface area (Å²) in [4.78, 5) is -0.148. The minimum absolute atomic E-state index is 0.148. The van der Waals surface area contributed by atoms with Crippen LogP contribution >= 0.6 is 23.2 Å². The molecule has 0 nitrogen and oxygen atoms in total. The summed E-state index contributed by atoms with van der Waals surface area (Å²) in [6.45, 7) is 2.22. The van der Waals surface area contributed by atoms with Crippen molar-refractivity contribution in [2.45, 2.75) is 36.7 Å². The van der Waals surface area contributed by atoms with Gasteiger partial charge in [0.15, 0.2) is 0 Å². The minimum Gasteiger partial charge on any atom is -0.105 e. The molecule has 0 spiro atoms. The van der Waals surface area contributed by atoms with Crippen molar-refractivity contribution in [3.63, 3.8) is 0 Å². The lowest BCUT2D eigenvalue weighted by molar-refractivity contribution is 0.754. The van der Waals surface area contributed by atoms with Crippen molar-refractivity contribution in [1.82, 2.24) is 0 Å². The van der Waals surface area contributed by atoms with Gasteiger partial charge in [-0.05, 0) is 6.42 Å². The highest BCUT2D eigenvalue weighted by Gasteiger charge is 1.96. The highest BCUT2D eigenvalue weighted by Crippen LogP contribution is 2.11. The fraction of sp³-hybridized carbons (Fsp3) is 1.00. The fourth-order valence-corrected chi connectivity index (χ4v) is 1.51. The van der Waals surface area contributed by atoms with Gasteiger partial charge in [0.1, 0.15) is 4.84 Å². The van der Waals surface area contributed by atoms with Crippen molar-refractivity contribution >= 4 is 32.7 Å². The average Bonchev–Trinajstić information content (AvgIpc) is 1.80. The molecule has 0 N–H and O–H groups in total. The Morgan fingerprint density at radius 2 is 2.00 bits per heavy atom. The molecule has 2 radical (unpaired) electrons. The molecule has 9 heavy (non-hydrogen) atoms. The van der Waals surface area contributed by atoms with E-state index in [1.807, 2.05) is 0 Å². The zero-order chi connectivity index (χ0) is 7.11. The maximum Gasteiger partial charge on any atom is 0.107 e. The molecule has 0 rings (SSSR count). The monoisotopic (exact) mass is 182 g/mol. The van der Waals surface area contributed by atoms with Gasteiger partial charge in [0.25, 0.3) is 0 Å². The molecule has 0 saturated heterocycles. The molecule has 0 heterocycles. The van der Waals surface area contributed by atoms with E-state index in [4.69, 9.17) is 23.2 Å². The second-order valence-electron chi connectivity index (χ2n) is 1.99. The van der Waals surface area contributed by atoms with E-state index in [2.05, 4.69) is 6.55 Å². The zero-order valence-corrected chi connectivity index (χ0v) is 8.17. The lowest BCUT2D eigenvalue weighted by atomic mass is 10.3. The van der Waals surface area contributed by atoms with Crippen LogP contribution in [0.25, 0.3) is 0 Å². The molecule has 0 aliphatic rings. The molecule has 0 saturated carbocycles. The van der Waals surface area contributed by atoms with Gasteiger partial charge >= 0.3 is 0 Å². The second kappa shape index (κ2) is 6.91. The Balaban J connectivity index is 2.75. The summed E-state index contributed by atoms with van der Waals surface area (Å²) in [7, 11) is 1.08. The normalized spacial score (nSPS) is 10.7. The van der Waals surface area contributed by atoms with Crippen LogP contribution in [0.3, 0.4) is 0 Å². The summed E-state index contributed by atoms with van der Waals surface area (Å²) in [6.07, 6.45) is 3.41. The van der Waals surface area contributed by atoms with Crippen molar-refractivity contribution in [3.8, 4) is 0 Å². The molecule has 0 aliphatic carbocycles. The molecular formula is C6H12Cl2Si. The average molecular weight is 183 g/mol. The van der Waals surface area contributed by atoms with E-state index < -0.39 is 0 Å². The Labute approximate surface area is 69.7 Å². The Morgan fingerprint density at radius 3 is 2.44 bits per heavy atom. The number of alkyl halides is 2. The predicted molar refractivity (Wildman–Crippen MR) is 45.8 cm³/mol. The molecular weight excluding hydrogens is 171 g/mol. The van der Waals surface area contributed by atoms with Crippen LogP contribution in [0.5, 0.6) is 0 Å². The van der Waals surface area contributed by atoms with Gasteiger partial charge in [-0.15, -0.1) is 23.2 Å². The van der Waals surface area contributed by atoms with Crippen LogP contribution in [0.15, 0.2) is 0 Å². The van der Waals surface area contributed by atoms with Gasteiger partial charge in [-0.1, -0.05) is 25.4 Å². The maximum atomic E-state index is 5.52. The van der Waals surface area contributed by atoms with Gasteiger partial charge in [-0.3, -0.25) is 0 Å². The van der Waals surface area contributed by atoms with E-state index >= 15 is 0 Å². The van der Waals surface area contributed by atoms with Gasteiger partial charge in [-0.25, -0.2) is 0 Å². The summed E-state index contributed by atoms with van der Waals surface area (Å²) in [5.74, 6) is 0. The highest BCUT2D eigenvalue weighted by atomic mass is 35.5. The van der Waals surface area contributed by atoms with E-state index in [1.165, 1.54) is 18.9 Å². The Morgan fingerprint density at radius 1 is 1.33 bits per heavy atom. The number of halogens is 2. The standard InChI is InChI=1S/C6H12Cl2Si/c1-9-5-3-2-4-6(7)8/h6H,2-5H2,1H3. The molecule has 0 aromatic carbocycles. The summed E-state index contributed by atoms with van der Waals surface area (Å²) in [5.41, 5.74) is 0. The third-order valence-electron chi connectivity index (χ3n) is 1.10. The van der Waals surface area contributed by atoms with Gasteiger partial charge < -0.3 is 0 Å². The van der Waals surface area contributed by atoms with Crippen molar-refractivity contribution in [3.05, 3.63) is 0 Å². The quantitative estimate of drug-likeness (QED) is 0.349. The van der Waals surface area contributed by atoms with E-state index in [0.29, 0.717) is 0 Å². The molecule has 0 aromatic heterocycles. The van der Waals surface area contributed by atoms with Crippen LogP contribution in [0.2, 0.25) is 12.6 Å². The van der Waals surface area contributed by atoms with Gasteiger partial charge in [0.2, 0.25) is 0 Å². The SMILES string of the molecule is C[Si]CCCCC(Cl)Cl. The fourth-order valence-electron chi connectivity index (χ4n) is 0.600. The number of unbranched alkanes of at least 4 members (excludes halogenated alkanes) is 1. The van der Waals surface area contributed by atoms with E-state index in [0.717, 1.165) is 15.9 Å². The van der Waals surface area contributed by atoms with Crippen LogP contribution in [-0.4, -0.2) is 14.4 Å². The zero-order valence-electron chi connectivity index (χ0n) is 5.66. The summed E-state index contributed by atoms with van der Waals surface area (Å²) in [5, 5.41) is 0. The summed E-state index contributed by atoms with van der Waals surface area (Å²) < 4.78 is 0. The van der Waals surface area contributed by atoms with E-state index in [9.17, 15) is 0 Å². The van der Waals surface area contributed by atoms with Gasteiger partial charge in [0, 0.05) is 9.52 Å². The van der Waals surface area contributed by atoms with E-state index in [-0.39, 0.29) is 4.84 Å². The van der Waals surface area contributed by atoms with Crippen molar-refractivity contribution in [1.29, 1.82) is 0 Å². The van der Waals surface area contributed by atoms with Gasteiger partial charge in [-0.2, -0.15) is 0 Å². The maximum absolute atomic E-state index is 5.52. The largest absolute Gasteiger partial charge is 0.107 e. The predicted octanol–water partition coefficient (Wildman–Crippen LogP) is 3.13. The molecule has 0 unspecified atom stereocenters. The number of rotatable bonds is 5. The third kappa shape index (κ3) is 8.80. The van der Waals surface area contributed by atoms with Crippen molar-refractivity contribution < 1.29 is 0 Å². The van der Waals surface area contributed by atoms with Crippen LogP contribution in [-0.2, 0) is 0 Å². The lowest BCUT2D eigenvalue weighted by Crippen LogP contribution is -1.87. The smallest absolute Gasteiger partial charge is 0.105 e. The topological polar surface area (TPSA) is 0 Å². The first kappa shape index (κ1) is 9.80. The molecule has 0 atom stereocenters. The first-order valence-electron chi connectivity index (χ1n) is 3.20. The van der Waals surface area contributed by atoms with E-state index in [1.54, 1.807) is 0 Å². The third-order valence-corrected chi connectivity index (χ3v) is 2.39. The summed E-state index contributed by atoms with van der Waals surface area (Å²) in [6, 6.07) is 1.33. The number of hydrogen-bond acceptors (Lipinski definition) is 0. The molecule has 0 aliphatic heterocycles. The molecule has 0 bridgehead atoms. The van der Waals surface area contributed by atoms with Crippen LogP contribution in [0.4, 0.5) is 0 Å². The van der Waals surface area contributed by atoms with Crippen LogP contribution in [0, 0.1) is 0 Å². The van der Waals surface area contributed by atoms with Crippen molar-refractivity contribution in [2.24, 2.45) is 0 Å². The molecule has 54 valence electrons. The molecule has 0 fully saturated rings. The Hall–Kier alpha value is 0.797. The number of hydrogen-bond donors (Lipinski definition) is 0. The second-order valence-corrected chi connectivity index (χ2v) is 4.47. The molecule has 3 heteroatoms. The highest BCUT2D eigenvalue weighted by molar-refractivity contribution is 6.44. The lowest BCUT2D eigenvalue weighted by Gasteiger charge is -1.98. The van der Waals surface area contributed by atoms with Crippen LogP contribution in [0.1, 0.15) is 19.3 Å². The molecule has 0 aromatic rings. The Kier molecular flexibility index (Phi) is 7.52. The Bertz CT molecular complexity index is 57.0. The van der Waals surface area contributed by atoms with Gasteiger partial charge in [0.05, 0.1) is 0 Å². The molecule has 0 amide bonds. The minimum atomic E-state index is -0.148. The summed E-state index contributed by atoms with van der Waals surface area (Å²) >= 11 is 11.0. The first-order chi connectivity index (χ1) is 4.27. The first-order valence-corrected chi connectivity index (χ1v) is 5.78. The van der Waals surface area contributed by atoms with Crippen LogP contribution < -0.4 is 0 Å². The van der Waals surface area contributed by atoms with Crippen molar-refractivity contribution in [2.75, 3.05) is 0 Å².